The topological polar surface area (TPSA) is 77.7 Å². The van der Waals surface area contributed by atoms with Gasteiger partial charge in [-0.1, -0.05) is 41.2 Å². The smallest absolute Gasteiger partial charge is 0.189 e. The standard InChI is InChI=1S/C22H22N6S/c1-14-4-6-15(7-5-14)18-3-2-10-28(18)19-13-24-20(16-8-9-16)21(26-19)27-22-25-12-17(11-23)29-22/h4-7,12-13,16,18H,2-3,8-10H2,1H3,(H,25,26,27). The highest BCUT2D eigenvalue weighted by molar-refractivity contribution is 7.16. The molecule has 5 rings (SSSR count). The van der Waals surface area contributed by atoms with Crippen LogP contribution in [0.4, 0.5) is 16.8 Å². The highest BCUT2D eigenvalue weighted by atomic mass is 32.1. The van der Waals surface area contributed by atoms with Crippen LogP contribution in [0.15, 0.2) is 36.7 Å². The summed E-state index contributed by atoms with van der Waals surface area (Å²) in [7, 11) is 0. The van der Waals surface area contributed by atoms with E-state index in [9.17, 15) is 0 Å². The average molecular weight is 403 g/mol. The van der Waals surface area contributed by atoms with Crippen LogP contribution in [0.5, 0.6) is 0 Å². The molecule has 1 aliphatic carbocycles. The molecule has 6 nitrogen and oxygen atoms in total. The predicted octanol–water partition coefficient (Wildman–Crippen LogP) is 5.08. The Bertz CT molecular complexity index is 1060. The number of nitriles is 1. The molecule has 0 spiro atoms. The van der Waals surface area contributed by atoms with Crippen molar-refractivity contribution < 1.29 is 0 Å². The predicted molar refractivity (Wildman–Crippen MR) is 115 cm³/mol. The summed E-state index contributed by atoms with van der Waals surface area (Å²) in [6.45, 7) is 3.10. The average Bonchev–Trinajstić information content (AvgIpc) is 3.28. The minimum atomic E-state index is 0.328. The number of aryl methyl sites for hydroxylation is 1. The van der Waals surface area contributed by atoms with Crippen molar-refractivity contribution in [1.29, 1.82) is 5.26 Å². The highest BCUT2D eigenvalue weighted by Crippen LogP contribution is 2.44. The molecule has 1 aromatic carbocycles. The van der Waals surface area contributed by atoms with Crippen LogP contribution in [0.3, 0.4) is 0 Å². The zero-order chi connectivity index (χ0) is 19.8. The molecule has 7 heteroatoms. The van der Waals surface area contributed by atoms with Crippen LogP contribution < -0.4 is 10.2 Å². The van der Waals surface area contributed by atoms with Crippen LogP contribution in [0.25, 0.3) is 0 Å². The Balaban J connectivity index is 1.46. The lowest BCUT2D eigenvalue weighted by molar-refractivity contribution is 0.709. The molecule has 2 aromatic heterocycles. The summed E-state index contributed by atoms with van der Waals surface area (Å²) in [5.74, 6) is 2.15. The molecule has 1 aliphatic heterocycles. The molecule has 2 fully saturated rings. The lowest BCUT2D eigenvalue weighted by atomic mass is 10.0. The van der Waals surface area contributed by atoms with E-state index in [0.717, 1.165) is 49.6 Å². The summed E-state index contributed by atoms with van der Waals surface area (Å²) >= 11 is 1.34. The minimum absolute atomic E-state index is 0.328. The van der Waals surface area contributed by atoms with Gasteiger partial charge >= 0.3 is 0 Å². The lowest BCUT2D eigenvalue weighted by Gasteiger charge is -2.26. The maximum atomic E-state index is 9.07. The van der Waals surface area contributed by atoms with Crippen molar-refractivity contribution in [1.82, 2.24) is 15.0 Å². The fourth-order valence-electron chi connectivity index (χ4n) is 3.94. The second kappa shape index (κ2) is 7.45. The van der Waals surface area contributed by atoms with Gasteiger partial charge in [-0.05, 0) is 38.2 Å². The normalized spacial score (nSPS) is 18.6. The van der Waals surface area contributed by atoms with Crippen LogP contribution in [0.1, 0.15) is 59.3 Å². The minimum Gasteiger partial charge on any atom is -0.348 e. The summed E-state index contributed by atoms with van der Waals surface area (Å²) in [6.07, 6.45) is 8.09. The van der Waals surface area contributed by atoms with E-state index in [0.29, 0.717) is 22.0 Å². The van der Waals surface area contributed by atoms with E-state index >= 15 is 0 Å². The summed E-state index contributed by atoms with van der Waals surface area (Å²) < 4.78 is 0. The maximum absolute atomic E-state index is 9.07. The van der Waals surface area contributed by atoms with Gasteiger partial charge in [-0.25, -0.2) is 9.97 Å². The van der Waals surface area contributed by atoms with E-state index in [4.69, 9.17) is 15.2 Å². The van der Waals surface area contributed by atoms with Crippen molar-refractivity contribution in [3.8, 4) is 6.07 Å². The van der Waals surface area contributed by atoms with Gasteiger partial charge in [0.15, 0.2) is 10.9 Å². The van der Waals surface area contributed by atoms with Gasteiger partial charge in [0, 0.05) is 12.5 Å². The van der Waals surface area contributed by atoms with E-state index in [-0.39, 0.29) is 0 Å². The van der Waals surface area contributed by atoms with Gasteiger partial charge in [0.2, 0.25) is 0 Å². The van der Waals surface area contributed by atoms with Crippen LogP contribution in [0, 0.1) is 18.3 Å². The van der Waals surface area contributed by atoms with Gasteiger partial charge in [0.25, 0.3) is 0 Å². The second-order valence-electron chi connectivity index (χ2n) is 7.76. The summed E-state index contributed by atoms with van der Waals surface area (Å²) in [4.78, 5) is 17.0. The molecule has 1 saturated heterocycles. The molecule has 0 amide bonds. The van der Waals surface area contributed by atoms with Crippen molar-refractivity contribution >= 4 is 28.1 Å². The van der Waals surface area contributed by atoms with Gasteiger partial charge in [-0.15, -0.1) is 0 Å². The van der Waals surface area contributed by atoms with Crippen molar-refractivity contribution in [2.45, 2.75) is 44.6 Å². The quantitative estimate of drug-likeness (QED) is 0.641. The number of hydrogen-bond donors (Lipinski definition) is 1. The maximum Gasteiger partial charge on any atom is 0.189 e. The zero-order valence-corrected chi connectivity index (χ0v) is 17.1. The SMILES string of the molecule is Cc1ccc(C2CCCN2c2cnc(C3CC3)c(Nc3ncc(C#N)s3)n2)cc1. The Morgan fingerprint density at radius 1 is 1.14 bits per heavy atom. The first-order chi connectivity index (χ1) is 14.2. The third kappa shape index (κ3) is 3.68. The molecule has 0 bridgehead atoms. The summed E-state index contributed by atoms with van der Waals surface area (Å²) in [6, 6.07) is 11.3. The second-order valence-corrected chi connectivity index (χ2v) is 8.80. The lowest BCUT2D eigenvalue weighted by Crippen LogP contribution is -2.24. The van der Waals surface area contributed by atoms with Crippen molar-refractivity contribution in [2.24, 2.45) is 0 Å². The van der Waals surface area contributed by atoms with Crippen LogP contribution >= 0.6 is 11.3 Å². The van der Waals surface area contributed by atoms with Crippen LogP contribution in [-0.2, 0) is 0 Å². The molecule has 3 aromatic rings. The molecular formula is C22H22N6S. The Labute approximate surface area is 174 Å². The molecular weight excluding hydrogens is 380 g/mol. The van der Waals surface area contributed by atoms with E-state index in [1.807, 2.05) is 6.20 Å². The van der Waals surface area contributed by atoms with Gasteiger partial charge < -0.3 is 10.2 Å². The zero-order valence-electron chi connectivity index (χ0n) is 16.3. The van der Waals surface area contributed by atoms with Crippen molar-refractivity contribution in [2.75, 3.05) is 16.8 Å². The molecule has 1 atom stereocenters. The highest BCUT2D eigenvalue weighted by Gasteiger charge is 2.32. The number of nitrogens with one attached hydrogen (secondary N) is 1. The molecule has 1 N–H and O–H groups in total. The Hall–Kier alpha value is -2.98. The van der Waals surface area contributed by atoms with Gasteiger partial charge in [-0.2, -0.15) is 5.26 Å². The van der Waals surface area contributed by atoms with Crippen molar-refractivity contribution in [3.63, 3.8) is 0 Å². The number of hydrogen-bond acceptors (Lipinski definition) is 7. The Kier molecular flexibility index (Phi) is 4.64. The number of benzene rings is 1. The number of thiazole rings is 1. The fourth-order valence-corrected chi connectivity index (χ4v) is 4.55. The first kappa shape index (κ1) is 18.1. The largest absolute Gasteiger partial charge is 0.348 e. The molecule has 2 aliphatic rings. The van der Waals surface area contributed by atoms with Crippen LogP contribution in [0.2, 0.25) is 0 Å². The van der Waals surface area contributed by atoms with Crippen LogP contribution in [-0.4, -0.2) is 21.5 Å². The number of anilines is 3. The molecule has 146 valence electrons. The third-order valence-corrected chi connectivity index (χ3v) is 6.42. The molecule has 0 radical (unpaired) electrons. The monoisotopic (exact) mass is 402 g/mol. The van der Waals surface area contributed by atoms with E-state index in [1.54, 1.807) is 6.20 Å². The number of aromatic nitrogens is 3. The Morgan fingerprint density at radius 2 is 1.97 bits per heavy atom. The first-order valence-corrected chi connectivity index (χ1v) is 10.9. The van der Waals surface area contributed by atoms with Gasteiger partial charge in [-0.3, -0.25) is 4.98 Å². The molecule has 29 heavy (non-hydrogen) atoms. The number of nitrogens with zero attached hydrogens (tertiary/aromatic N) is 5. The van der Waals surface area contributed by atoms with Crippen molar-refractivity contribution in [3.05, 3.63) is 58.4 Å². The Morgan fingerprint density at radius 3 is 2.69 bits per heavy atom. The van der Waals surface area contributed by atoms with Gasteiger partial charge in [0.1, 0.15) is 16.8 Å². The molecule has 1 unspecified atom stereocenters. The third-order valence-electron chi connectivity index (χ3n) is 5.60. The molecule has 1 saturated carbocycles. The van der Waals surface area contributed by atoms with E-state index in [1.165, 1.54) is 22.5 Å². The summed E-state index contributed by atoms with van der Waals surface area (Å²) in [5, 5.41) is 13.1. The number of rotatable bonds is 5. The summed E-state index contributed by atoms with van der Waals surface area (Å²) in [5.41, 5.74) is 3.61. The van der Waals surface area contributed by atoms with Gasteiger partial charge in [0.05, 0.1) is 24.1 Å². The molecule has 3 heterocycles. The fraction of sp³-hybridized carbons (Fsp3) is 0.364. The first-order valence-electron chi connectivity index (χ1n) is 10.0. The van der Waals surface area contributed by atoms with E-state index < -0.39 is 0 Å². The van der Waals surface area contributed by atoms with E-state index in [2.05, 4.69) is 52.5 Å².